The van der Waals surface area contributed by atoms with E-state index >= 15 is 0 Å². The molecular formula is C10H13N3O2. The summed E-state index contributed by atoms with van der Waals surface area (Å²) in [5, 5.41) is 2.72. The highest BCUT2D eigenvalue weighted by molar-refractivity contribution is 5.97. The van der Waals surface area contributed by atoms with E-state index in [9.17, 15) is 4.79 Å². The maximum absolute atomic E-state index is 11.4. The van der Waals surface area contributed by atoms with Crippen LogP contribution in [0, 0.1) is 0 Å². The summed E-state index contributed by atoms with van der Waals surface area (Å²) in [6.07, 6.45) is 0. The zero-order chi connectivity index (χ0) is 10.8. The number of nitrogens with zero attached hydrogens (tertiary/aromatic N) is 1. The van der Waals surface area contributed by atoms with Gasteiger partial charge in [-0.3, -0.25) is 4.90 Å². The normalized spacial score (nSPS) is 15.3. The van der Waals surface area contributed by atoms with Gasteiger partial charge in [0.25, 0.3) is 0 Å². The molecule has 0 aliphatic carbocycles. The summed E-state index contributed by atoms with van der Waals surface area (Å²) in [6, 6.07) is 5.18. The molecule has 1 fully saturated rings. The molecule has 1 saturated heterocycles. The van der Waals surface area contributed by atoms with Gasteiger partial charge in [-0.1, -0.05) is 0 Å². The van der Waals surface area contributed by atoms with E-state index in [1.54, 1.807) is 30.2 Å². The van der Waals surface area contributed by atoms with E-state index < -0.39 is 0 Å². The minimum atomic E-state index is -0.105. The van der Waals surface area contributed by atoms with Gasteiger partial charge in [-0.15, -0.1) is 0 Å². The molecule has 3 N–H and O–H groups in total. The van der Waals surface area contributed by atoms with E-state index in [1.807, 2.05) is 0 Å². The van der Waals surface area contributed by atoms with Gasteiger partial charge < -0.3 is 15.8 Å². The van der Waals surface area contributed by atoms with Gasteiger partial charge in [0.05, 0.1) is 18.5 Å². The predicted molar refractivity (Wildman–Crippen MR) is 58.2 cm³/mol. The van der Waals surface area contributed by atoms with E-state index in [1.165, 1.54) is 0 Å². The summed E-state index contributed by atoms with van der Waals surface area (Å²) in [5.74, 6) is 0.691. The average Bonchev–Trinajstić information content (AvgIpc) is 2.64. The van der Waals surface area contributed by atoms with Crippen LogP contribution < -0.4 is 20.7 Å². The molecule has 1 aromatic carbocycles. The van der Waals surface area contributed by atoms with Gasteiger partial charge in [0, 0.05) is 19.2 Å². The van der Waals surface area contributed by atoms with E-state index in [2.05, 4.69) is 5.32 Å². The molecule has 1 aliphatic rings. The Morgan fingerprint density at radius 2 is 2.33 bits per heavy atom. The van der Waals surface area contributed by atoms with E-state index in [4.69, 9.17) is 10.5 Å². The SMILES string of the molecule is COc1ccc(N2CCNC2=O)c(N)c1. The van der Waals surface area contributed by atoms with Gasteiger partial charge in [-0.2, -0.15) is 0 Å². The van der Waals surface area contributed by atoms with Crippen LogP contribution in [0.4, 0.5) is 16.2 Å². The minimum Gasteiger partial charge on any atom is -0.497 e. The summed E-state index contributed by atoms with van der Waals surface area (Å²) in [4.78, 5) is 13.0. The molecule has 5 heteroatoms. The largest absolute Gasteiger partial charge is 0.497 e. The smallest absolute Gasteiger partial charge is 0.322 e. The van der Waals surface area contributed by atoms with Crippen LogP contribution in [0.5, 0.6) is 5.75 Å². The predicted octanol–water partition coefficient (Wildman–Crippen LogP) is 0.807. The molecule has 0 aromatic heterocycles. The first-order chi connectivity index (χ1) is 7.22. The zero-order valence-corrected chi connectivity index (χ0v) is 8.49. The Morgan fingerprint density at radius 1 is 1.53 bits per heavy atom. The van der Waals surface area contributed by atoms with Crippen molar-refractivity contribution in [3.8, 4) is 5.75 Å². The topological polar surface area (TPSA) is 67.6 Å². The highest BCUT2D eigenvalue weighted by Gasteiger charge is 2.22. The lowest BCUT2D eigenvalue weighted by Gasteiger charge is -2.16. The second-order valence-corrected chi connectivity index (χ2v) is 3.31. The van der Waals surface area contributed by atoms with Gasteiger partial charge in [0.15, 0.2) is 0 Å². The van der Waals surface area contributed by atoms with Gasteiger partial charge in [0.1, 0.15) is 5.75 Å². The maximum Gasteiger partial charge on any atom is 0.322 e. The molecule has 0 spiro atoms. The van der Waals surface area contributed by atoms with Crippen molar-refractivity contribution in [2.24, 2.45) is 0 Å². The number of rotatable bonds is 2. The minimum absolute atomic E-state index is 0.105. The molecule has 0 bridgehead atoms. The van der Waals surface area contributed by atoms with Crippen LogP contribution in [0.15, 0.2) is 18.2 Å². The van der Waals surface area contributed by atoms with Crippen molar-refractivity contribution in [1.82, 2.24) is 5.32 Å². The number of anilines is 2. The molecular weight excluding hydrogens is 194 g/mol. The summed E-state index contributed by atoms with van der Waals surface area (Å²) < 4.78 is 5.04. The Balaban J connectivity index is 2.32. The molecule has 0 saturated carbocycles. The van der Waals surface area contributed by atoms with Gasteiger partial charge in [-0.05, 0) is 12.1 Å². The van der Waals surface area contributed by atoms with E-state index in [0.717, 1.165) is 5.69 Å². The van der Waals surface area contributed by atoms with Crippen LogP contribution in [0.25, 0.3) is 0 Å². The number of methoxy groups -OCH3 is 1. The Hall–Kier alpha value is -1.91. The third-order valence-corrected chi connectivity index (χ3v) is 2.38. The van der Waals surface area contributed by atoms with Crippen LogP contribution >= 0.6 is 0 Å². The van der Waals surface area contributed by atoms with Crippen LogP contribution in [0.2, 0.25) is 0 Å². The monoisotopic (exact) mass is 207 g/mol. The first-order valence-corrected chi connectivity index (χ1v) is 4.71. The molecule has 2 amide bonds. The molecule has 1 heterocycles. The first kappa shape index (κ1) is 9.64. The second kappa shape index (κ2) is 3.68. The molecule has 1 aromatic rings. The maximum atomic E-state index is 11.4. The fraction of sp³-hybridized carbons (Fsp3) is 0.300. The molecule has 80 valence electrons. The first-order valence-electron chi connectivity index (χ1n) is 4.71. The Kier molecular flexibility index (Phi) is 2.37. The highest BCUT2D eigenvalue weighted by atomic mass is 16.5. The number of nitrogens with one attached hydrogen (secondary N) is 1. The molecule has 0 atom stereocenters. The van der Waals surface area contributed by atoms with Crippen molar-refractivity contribution >= 4 is 17.4 Å². The number of carbonyl (C=O) groups is 1. The Morgan fingerprint density at radius 3 is 2.87 bits per heavy atom. The third-order valence-electron chi connectivity index (χ3n) is 2.38. The average molecular weight is 207 g/mol. The third kappa shape index (κ3) is 1.68. The van der Waals surface area contributed by atoms with Gasteiger partial charge in [-0.25, -0.2) is 4.79 Å². The molecule has 5 nitrogen and oxygen atoms in total. The lowest BCUT2D eigenvalue weighted by Crippen LogP contribution is -2.28. The van der Waals surface area contributed by atoms with Gasteiger partial charge in [0.2, 0.25) is 0 Å². The fourth-order valence-electron chi connectivity index (χ4n) is 1.61. The molecule has 0 radical (unpaired) electrons. The molecule has 1 aliphatic heterocycles. The molecule has 15 heavy (non-hydrogen) atoms. The summed E-state index contributed by atoms with van der Waals surface area (Å²) in [6.45, 7) is 1.31. The van der Waals surface area contributed by atoms with Crippen LogP contribution in [0.1, 0.15) is 0 Å². The van der Waals surface area contributed by atoms with Crippen molar-refractivity contribution in [2.45, 2.75) is 0 Å². The number of carbonyl (C=O) groups excluding carboxylic acids is 1. The Labute approximate surface area is 87.8 Å². The molecule has 2 rings (SSSR count). The summed E-state index contributed by atoms with van der Waals surface area (Å²) >= 11 is 0. The number of hydrogen-bond donors (Lipinski definition) is 2. The quantitative estimate of drug-likeness (QED) is 0.705. The highest BCUT2D eigenvalue weighted by Crippen LogP contribution is 2.28. The van der Waals surface area contributed by atoms with Crippen LogP contribution in [-0.4, -0.2) is 26.2 Å². The van der Waals surface area contributed by atoms with Crippen molar-refractivity contribution < 1.29 is 9.53 Å². The fourth-order valence-corrected chi connectivity index (χ4v) is 1.61. The number of ether oxygens (including phenoxy) is 1. The van der Waals surface area contributed by atoms with Crippen molar-refractivity contribution in [3.05, 3.63) is 18.2 Å². The summed E-state index contributed by atoms with van der Waals surface area (Å²) in [7, 11) is 1.58. The molecule has 0 unspecified atom stereocenters. The van der Waals surface area contributed by atoms with E-state index in [-0.39, 0.29) is 6.03 Å². The summed E-state index contributed by atoms with van der Waals surface area (Å²) in [5.41, 5.74) is 7.11. The van der Waals surface area contributed by atoms with Crippen molar-refractivity contribution in [3.63, 3.8) is 0 Å². The van der Waals surface area contributed by atoms with Gasteiger partial charge >= 0.3 is 6.03 Å². The number of nitrogen functional groups attached to an aromatic ring is 1. The Bertz CT molecular complexity index is 392. The zero-order valence-electron chi connectivity index (χ0n) is 8.49. The number of benzene rings is 1. The standard InChI is InChI=1S/C10H13N3O2/c1-15-7-2-3-9(8(11)6-7)13-5-4-12-10(13)14/h2-3,6H,4-5,11H2,1H3,(H,12,14). The lowest BCUT2D eigenvalue weighted by molar-refractivity contribution is 0.252. The second-order valence-electron chi connectivity index (χ2n) is 3.31. The lowest BCUT2D eigenvalue weighted by atomic mass is 10.2. The van der Waals surface area contributed by atoms with Crippen LogP contribution in [-0.2, 0) is 0 Å². The number of hydrogen-bond acceptors (Lipinski definition) is 3. The number of nitrogens with two attached hydrogens (primary N) is 1. The van der Waals surface area contributed by atoms with Crippen molar-refractivity contribution in [2.75, 3.05) is 30.8 Å². The van der Waals surface area contributed by atoms with Crippen molar-refractivity contribution in [1.29, 1.82) is 0 Å². The van der Waals surface area contributed by atoms with Crippen LogP contribution in [0.3, 0.4) is 0 Å². The van der Waals surface area contributed by atoms with E-state index in [0.29, 0.717) is 24.5 Å². The number of amides is 2. The number of urea groups is 1.